The third-order valence-electron chi connectivity index (χ3n) is 3.65. The third kappa shape index (κ3) is 4.47. The molecule has 0 aromatic heterocycles. The summed E-state index contributed by atoms with van der Waals surface area (Å²) in [6.45, 7) is 5.48. The fourth-order valence-electron chi connectivity index (χ4n) is 2.50. The summed E-state index contributed by atoms with van der Waals surface area (Å²) in [4.78, 5) is 0. The van der Waals surface area contributed by atoms with Crippen LogP contribution in [-0.2, 0) is 0 Å². The van der Waals surface area contributed by atoms with Gasteiger partial charge in [0, 0.05) is 18.4 Å². The molecule has 2 rings (SSSR count). The number of benzene rings is 2. The van der Waals surface area contributed by atoms with Gasteiger partial charge in [-0.1, -0.05) is 56.3 Å². The van der Waals surface area contributed by atoms with Crippen molar-refractivity contribution in [2.75, 3.05) is 24.7 Å². The molecule has 2 aromatic rings. The molecule has 2 atom stereocenters. The molecule has 0 heterocycles. The highest BCUT2D eigenvalue weighted by Crippen LogP contribution is 2.27. The van der Waals surface area contributed by atoms with Crippen LogP contribution < -0.4 is 5.32 Å². The molecule has 2 N–H and O–H groups in total. The van der Waals surface area contributed by atoms with Crippen molar-refractivity contribution in [2.45, 2.75) is 19.9 Å². The summed E-state index contributed by atoms with van der Waals surface area (Å²) in [6, 6.07) is 15.5. The van der Waals surface area contributed by atoms with Crippen molar-refractivity contribution in [2.24, 2.45) is 5.92 Å². The molecule has 0 fully saturated rings. The van der Waals surface area contributed by atoms with Gasteiger partial charge in [-0.25, -0.2) is 0 Å². The van der Waals surface area contributed by atoms with Crippen LogP contribution in [0.3, 0.4) is 0 Å². The molecule has 0 saturated heterocycles. The van der Waals surface area contributed by atoms with Gasteiger partial charge < -0.3 is 10.4 Å². The zero-order valence-electron chi connectivity index (χ0n) is 12.9. The average molecular weight is 303 g/mol. The highest BCUT2D eigenvalue weighted by molar-refractivity contribution is 7.99. The number of aliphatic hydroxyl groups excluding tert-OH is 1. The summed E-state index contributed by atoms with van der Waals surface area (Å²) in [6.07, 6.45) is 0. The van der Waals surface area contributed by atoms with Crippen molar-refractivity contribution in [1.29, 1.82) is 0 Å². The molecule has 0 bridgehead atoms. The van der Waals surface area contributed by atoms with Gasteiger partial charge in [-0.05, 0) is 34.6 Å². The topological polar surface area (TPSA) is 32.3 Å². The van der Waals surface area contributed by atoms with Crippen molar-refractivity contribution in [3.63, 3.8) is 0 Å². The molecule has 3 heteroatoms. The minimum Gasteiger partial charge on any atom is -0.396 e. The SMILES string of the molecule is CCNC(CSCC(C)CO)c1cccc2ccccc12. The van der Waals surface area contributed by atoms with Crippen molar-refractivity contribution >= 4 is 22.5 Å². The minimum atomic E-state index is 0.271. The van der Waals surface area contributed by atoms with E-state index in [4.69, 9.17) is 5.11 Å². The highest BCUT2D eigenvalue weighted by atomic mass is 32.2. The fourth-order valence-corrected chi connectivity index (χ4v) is 3.68. The summed E-state index contributed by atoms with van der Waals surface area (Å²) in [5.74, 6) is 2.40. The van der Waals surface area contributed by atoms with E-state index in [9.17, 15) is 0 Å². The lowest BCUT2D eigenvalue weighted by atomic mass is 9.99. The molecule has 2 aromatic carbocycles. The standard InChI is InChI=1S/C18H25NOS/c1-3-19-18(13-21-12-14(2)11-20)17-10-6-8-15-7-4-5-9-16(15)17/h4-10,14,18-20H,3,11-13H2,1-2H3. The second-order valence-electron chi connectivity index (χ2n) is 5.50. The lowest BCUT2D eigenvalue weighted by Crippen LogP contribution is -2.23. The van der Waals surface area contributed by atoms with E-state index in [2.05, 4.69) is 61.6 Å². The van der Waals surface area contributed by atoms with Crippen LogP contribution in [0.15, 0.2) is 42.5 Å². The first kappa shape index (κ1) is 16.3. The first-order chi connectivity index (χ1) is 10.3. The van der Waals surface area contributed by atoms with Crippen LogP contribution >= 0.6 is 11.8 Å². The van der Waals surface area contributed by atoms with Crippen molar-refractivity contribution in [1.82, 2.24) is 5.32 Å². The number of hydrogen-bond acceptors (Lipinski definition) is 3. The zero-order chi connectivity index (χ0) is 15.1. The number of thioether (sulfide) groups is 1. The van der Waals surface area contributed by atoms with Crippen molar-refractivity contribution < 1.29 is 5.11 Å². The number of nitrogens with one attached hydrogen (secondary N) is 1. The van der Waals surface area contributed by atoms with Crippen LogP contribution in [0.5, 0.6) is 0 Å². The van der Waals surface area contributed by atoms with Crippen molar-refractivity contribution in [3.8, 4) is 0 Å². The summed E-state index contributed by atoms with van der Waals surface area (Å²) < 4.78 is 0. The Hall–Kier alpha value is -1.03. The molecule has 0 spiro atoms. The van der Waals surface area contributed by atoms with Crippen LogP contribution in [0.25, 0.3) is 10.8 Å². The van der Waals surface area contributed by atoms with Gasteiger partial charge in [-0.15, -0.1) is 0 Å². The molecule has 2 unspecified atom stereocenters. The molecule has 0 aliphatic rings. The van der Waals surface area contributed by atoms with Crippen LogP contribution in [0, 0.1) is 5.92 Å². The Labute approximate surface area is 131 Å². The van der Waals surface area contributed by atoms with Gasteiger partial charge in [0.25, 0.3) is 0 Å². The van der Waals surface area contributed by atoms with E-state index in [0.29, 0.717) is 12.0 Å². The molecule has 0 saturated carbocycles. The maximum atomic E-state index is 9.13. The normalized spacial score (nSPS) is 14.2. The Morgan fingerprint density at radius 3 is 2.62 bits per heavy atom. The summed E-state index contributed by atoms with van der Waals surface area (Å²) in [5.41, 5.74) is 1.37. The molecule has 0 amide bonds. The predicted molar refractivity (Wildman–Crippen MR) is 93.9 cm³/mol. The van der Waals surface area contributed by atoms with Gasteiger partial charge in [0.1, 0.15) is 0 Å². The molecule has 0 aliphatic carbocycles. The summed E-state index contributed by atoms with van der Waals surface area (Å²) in [7, 11) is 0. The van der Waals surface area contributed by atoms with E-state index in [1.807, 2.05) is 11.8 Å². The second-order valence-corrected chi connectivity index (χ2v) is 6.58. The molecule has 2 nitrogen and oxygen atoms in total. The summed E-state index contributed by atoms with van der Waals surface area (Å²) >= 11 is 1.91. The molecule has 0 aliphatic heterocycles. The van der Waals surface area contributed by atoms with Crippen LogP contribution in [0.4, 0.5) is 0 Å². The first-order valence-electron chi connectivity index (χ1n) is 7.66. The van der Waals surface area contributed by atoms with Gasteiger partial charge >= 0.3 is 0 Å². The van der Waals surface area contributed by atoms with E-state index < -0.39 is 0 Å². The van der Waals surface area contributed by atoms with E-state index in [1.165, 1.54) is 16.3 Å². The zero-order valence-corrected chi connectivity index (χ0v) is 13.7. The van der Waals surface area contributed by atoms with Gasteiger partial charge in [-0.2, -0.15) is 11.8 Å². The Morgan fingerprint density at radius 2 is 1.86 bits per heavy atom. The number of hydrogen-bond donors (Lipinski definition) is 2. The Morgan fingerprint density at radius 1 is 1.10 bits per heavy atom. The van der Waals surface area contributed by atoms with Crippen LogP contribution in [-0.4, -0.2) is 29.8 Å². The molecular formula is C18H25NOS. The Balaban J connectivity index is 2.16. The Bertz CT molecular complexity index is 552. The highest BCUT2D eigenvalue weighted by Gasteiger charge is 2.13. The molecule has 21 heavy (non-hydrogen) atoms. The third-order valence-corrected chi connectivity index (χ3v) is 5.02. The van der Waals surface area contributed by atoms with Gasteiger partial charge in [0.2, 0.25) is 0 Å². The van der Waals surface area contributed by atoms with Crippen LogP contribution in [0.1, 0.15) is 25.5 Å². The monoisotopic (exact) mass is 303 g/mol. The first-order valence-corrected chi connectivity index (χ1v) is 8.81. The van der Waals surface area contributed by atoms with E-state index in [-0.39, 0.29) is 6.61 Å². The lowest BCUT2D eigenvalue weighted by molar-refractivity contribution is 0.250. The lowest BCUT2D eigenvalue weighted by Gasteiger charge is -2.20. The number of aliphatic hydroxyl groups is 1. The smallest absolute Gasteiger partial charge is 0.0464 e. The van der Waals surface area contributed by atoms with Crippen LogP contribution in [0.2, 0.25) is 0 Å². The van der Waals surface area contributed by atoms with Gasteiger partial charge in [-0.3, -0.25) is 0 Å². The van der Waals surface area contributed by atoms with Crippen molar-refractivity contribution in [3.05, 3.63) is 48.0 Å². The van der Waals surface area contributed by atoms with E-state index in [1.54, 1.807) is 0 Å². The predicted octanol–water partition coefficient (Wildman–Crippen LogP) is 3.85. The number of rotatable bonds is 8. The summed E-state index contributed by atoms with van der Waals surface area (Å²) in [5, 5.41) is 15.4. The average Bonchev–Trinajstić information content (AvgIpc) is 2.53. The number of fused-ring (bicyclic) bond motifs is 1. The fraction of sp³-hybridized carbons (Fsp3) is 0.444. The van der Waals surface area contributed by atoms with E-state index in [0.717, 1.165) is 18.1 Å². The maximum absolute atomic E-state index is 9.13. The maximum Gasteiger partial charge on any atom is 0.0464 e. The largest absolute Gasteiger partial charge is 0.396 e. The Kier molecular flexibility index (Phi) is 6.55. The molecule has 0 radical (unpaired) electrons. The van der Waals surface area contributed by atoms with Gasteiger partial charge in [0.05, 0.1) is 0 Å². The second kappa shape index (κ2) is 8.42. The molecular weight excluding hydrogens is 278 g/mol. The molecule has 114 valence electrons. The minimum absolute atomic E-state index is 0.271. The van der Waals surface area contributed by atoms with E-state index >= 15 is 0 Å². The van der Waals surface area contributed by atoms with Gasteiger partial charge in [0.15, 0.2) is 0 Å². The quantitative estimate of drug-likeness (QED) is 0.777.